The Morgan fingerprint density at radius 3 is 2.50 bits per heavy atom. The summed E-state index contributed by atoms with van der Waals surface area (Å²) in [6.07, 6.45) is 8.31. The summed E-state index contributed by atoms with van der Waals surface area (Å²) in [5, 5.41) is 5.10. The molecule has 0 aromatic carbocycles. The molecule has 18 heavy (non-hydrogen) atoms. The van der Waals surface area contributed by atoms with Gasteiger partial charge >= 0.3 is 0 Å². The van der Waals surface area contributed by atoms with Crippen LogP contribution in [0.3, 0.4) is 0 Å². The van der Waals surface area contributed by atoms with Gasteiger partial charge < -0.3 is 4.74 Å². The predicted octanol–water partition coefficient (Wildman–Crippen LogP) is 2.29. The van der Waals surface area contributed by atoms with Gasteiger partial charge in [0.05, 0.1) is 12.4 Å². The fourth-order valence-corrected chi connectivity index (χ4v) is 3.63. The van der Waals surface area contributed by atoms with Crippen molar-refractivity contribution in [2.75, 3.05) is 19.0 Å². The average Bonchev–Trinajstić information content (AvgIpc) is 2.28. The van der Waals surface area contributed by atoms with Gasteiger partial charge in [0.15, 0.2) is 0 Å². The highest BCUT2D eigenvalue weighted by Crippen LogP contribution is 2.24. The number of sulfonamides is 1. The predicted molar refractivity (Wildman–Crippen MR) is 73.8 cm³/mol. The minimum absolute atomic E-state index is 0.0471. The summed E-state index contributed by atoms with van der Waals surface area (Å²) in [6.45, 7) is 3.36. The van der Waals surface area contributed by atoms with Gasteiger partial charge in [0.1, 0.15) is 0 Å². The SMILES string of the molecule is CCCC(COCC1CCCCC1)CS(N)(=O)=O. The zero-order valence-corrected chi connectivity index (χ0v) is 12.3. The molecule has 4 nitrogen and oxygen atoms in total. The minimum atomic E-state index is -3.38. The highest BCUT2D eigenvalue weighted by molar-refractivity contribution is 7.89. The summed E-state index contributed by atoms with van der Waals surface area (Å²) in [6, 6.07) is 0. The second-order valence-corrected chi connectivity index (χ2v) is 7.18. The number of hydrogen-bond donors (Lipinski definition) is 1. The van der Waals surface area contributed by atoms with Gasteiger partial charge in [-0.15, -0.1) is 0 Å². The van der Waals surface area contributed by atoms with Crippen molar-refractivity contribution in [1.29, 1.82) is 0 Å². The van der Waals surface area contributed by atoms with Crippen LogP contribution in [-0.2, 0) is 14.8 Å². The highest BCUT2D eigenvalue weighted by atomic mass is 32.2. The first kappa shape index (κ1) is 15.9. The van der Waals surface area contributed by atoms with Crippen molar-refractivity contribution in [2.45, 2.75) is 51.9 Å². The van der Waals surface area contributed by atoms with Crippen molar-refractivity contribution < 1.29 is 13.2 Å². The molecule has 0 spiro atoms. The third-order valence-corrected chi connectivity index (χ3v) is 4.53. The molecule has 5 heteroatoms. The van der Waals surface area contributed by atoms with Crippen LogP contribution < -0.4 is 5.14 Å². The van der Waals surface area contributed by atoms with Crippen molar-refractivity contribution in [3.05, 3.63) is 0 Å². The van der Waals surface area contributed by atoms with E-state index in [9.17, 15) is 8.42 Å². The van der Waals surface area contributed by atoms with Crippen molar-refractivity contribution in [2.24, 2.45) is 17.0 Å². The van der Waals surface area contributed by atoms with E-state index in [-0.39, 0.29) is 11.7 Å². The van der Waals surface area contributed by atoms with E-state index in [0.29, 0.717) is 12.5 Å². The molecule has 0 radical (unpaired) electrons. The maximum atomic E-state index is 11.1. The van der Waals surface area contributed by atoms with E-state index in [0.717, 1.165) is 19.4 Å². The van der Waals surface area contributed by atoms with E-state index in [1.807, 2.05) is 0 Å². The third kappa shape index (κ3) is 7.34. The van der Waals surface area contributed by atoms with E-state index in [2.05, 4.69) is 6.92 Å². The Morgan fingerprint density at radius 2 is 1.94 bits per heavy atom. The normalized spacial score (nSPS) is 19.9. The zero-order chi connectivity index (χ0) is 13.4. The molecule has 108 valence electrons. The Bertz CT molecular complexity index is 310. The van der Waals surface area contributed by atoms with Crippen LogP contribution in [-0.4, -0.2) is 27.4 Å². The summed E-state index contributed by atoms with van der Waals surface area (Å²) in [5.74, 6) is 0.773. The van der Waals surface area contributed by atoms with Gasteiger partial charge in [-0.1, -0.05) is 32.6 Å². The molecule has 2 N–H and O–H groups in total. The molecule has 1 aliphatic carbocycles. The summed E-state index contributed by atoms with van der Waals surface area (Å²) in [4.78, 5) is 0. The molecule has 0 saturated heterocycles. The molecule has 0 bridgehead atoms. The number of rotatable bonds is 8. The lowest BCUT2D eigenvalue weighted by molar-refractivity contribution is 0.0628. The quantitative estimate of drug-likeness (QED) is 0.740. The molecule has 1 aliphatic rings. The maximum Gasteiger partial charge on any atom is 0.209 e. The Balaban J connectivity index is 2.23. The summed E-state index contributed by atoms with van der Waals surface area (Å²) in [5.41, 5.74) is 0. The molecular weight excluding hydrogens is 250 g/mol. The lowest BCUT2D eigenvalue weighted by Gasteiger charge is -2.23. The van der Waals surface area contributed by atoms with Crippen LogP contribution in [0.1, 0.15) is 51.9 Å². The standard InChI is InChI=1S/C13H27NO3S/c1-2-6-13(11-18(14,15)16)10-17-9-12-7-4-3-5-8-12/h12-13H,2-11H2,1H3,(H2,14,15,16). The smallest absolute Gasteiger partial charge is 0.209 e. The molecule has 0 aromatic rings. The van der Waals surface area contributed by atoms with Gasteiger partial charge in [0.25, 0.3) is 0 Å². The van der Waals surface area contributed by atoms with E-state index < -0.39 is 10.0 Å². The summed E-state index contributed by atoms with van der Waals surface area (Å²) in [7, 11) is -3.38. The average molecular weight is 277 g/mol. The monoisotopic (exact) mass is 277 g/mol. The summed E-state index contributed by atoms with van der Waals surface area (Å²) >= 11 is 0. The van der Waals surface area contributed by atoms with E-state index in [1.54, 1.807) is 0 Å². The first-order valence-corrected chi connectivity index (χ1v) is 8.81. The second kappa shape index (κ2) is 8.12. The molecule has 0 heterocycles. The van der Waals surface area contributed by atoms with Crippen LogP contribution in [0.2, 0.25) is 0 Å². The van der Waals surface area contributed by atoms with Gasteiger partial charge in [-0.3, -0.25) is 0 Å². The van der Waals surface area contributed by atoms with Crippen LogP contribution in [0, 0.1) is 11.8 Å². The van der Waals surface area contributed by atoms with Crippen LogP contribution in [0.25, 0.3) is 0 Å². The lowest BCUT2D eigenvalue weighted by atomic mass is 9.90. The Labute approximate surface area is 111 Å². The molecule has 0 amide bonds. The fraction of sp³-hybridized carbons (Fsp3) is 1.00. The highest BCUT2D eigenvalue weighted by Gasteiger charge is 2.17. The van der Waals surface area contributed by atoms with Crippen molar-refractivity contribution in [1.82, 2.24) is 0 Å². The molecule has 1 rings (SSSR count). The summed E-state index contributed by atoms with van der Waals surface area (Å²) < 4.78 is 27.9. The van der Waals surface area contributed by atoms with Gasteiger partial charge in [0, 0.05) is 6.61 Å². The largest absolute Gasteiger partial charge is 0.381 e. The molecular formula is C13H27NO3S. The van der Waals surface area contributed by atoms with E-state index >= 15 is 0 Å². The fourth-order valence-electron chi connectivity index (χ4n) is 2.71. The number of hydrogen-bond acceptors (Lipinski definition) is 3. The van der Waals surface area contributed by atoms with Crippen molar-refractivity contribution in [3.63, 3.8) is 0 Å². The molecule has 1 unspecified atom stereocenters. The second-order valence-electron chi connectivity index (χ2n) is 5.53. The minimum Gasteiger partial charge on any atom is -0.381 e. The Kier molecular flexibility index (Phi) is 7.19. The Morgan fingerprint density at radius 1 is 1.28 bits per heavy atom. The number of primary sulfonamides is 1. The van der Waals surface area contributed by atoms with Gasteiger partial charge in [-0.05, 0) is 31.1 Å². The van der Waals surface area contributed by atoms with Gasteiger partial charge in [-0.2, -0.15) is 0 Å². The zero-order valence-electron chi connectivity index (χ0n) is 11.4. The molecule has 0 aromatic heterocycles. The molecule has 1 saturated carbocycles. The van der Waals surface area contributed by atoms with Crippen molar-refractivity contribution >= 4 is 10.0 Å². The van der Waals surface area contributed by atoms with Crippen molar-refractivity contribution in [3.8, 4) is 0 Å². The molecule has 1 atom stereocenters. The topological polar surface area (TPSA) is 69.4 Å². The van der Waals surface area contributed by atoms with Gasteiger partial charge in [0.2, 0.25) is 10.0 Å². The maximum absolute atomic E-state index is 11.1. The van der Waals surface area contributed by atoms with Gasteiger partial charge in [-0.25, -0.2) is 13.6 Å². The third-order valence-electron chi connectivity index (χ3n) is 3.60. The van der Waals surface area contributed by atoms with E-state index in [1.165, 1.54) is 32.1 Å². The number of nitrogens with two attached hydrogens (primary N) is 1. The number of ether oxygens (including phenoxy) is 1. The van der Waals surface area contributed by atoms with Crippen LogP contribution in [0.15, 0.2) is 0 Å². The first-order valence-electron chi connectivity index (χ1n) is 7.09. The Hall–Kier alpha value is -0.130. The van der Waals surface area contributed by atoms with E-state index in [4.69, 9.17) is 9.88 Å². The van der Waals surface area contributed by atoms with Crippen LogP contribution >= 0.6 is 0 Å². The lowest BCUT2D eigenvalue weighted by Crippen LogP contribution is -2.27. The van der Waals surface area contributed by atoms with Crippen LogP contribution in [0.4, 0.5) is 0 Å². The first-order chi connectivity index (χ1) is 8.51. The van der Waals surface area contributed by atoms with Crippen LogP contribution in [0.5, 0.6) is 0 Å². The molecule has 1 fully saturated rings. The molecule has 0 aliphatic heterocycles.